The first-order valence-electron chi connectivity index (χ1n) is 11.3. The average Bonchev–Trinajstić information content (AvgIpc) is 3.21. The van der Waals surface area contributed by atoms with Crippen molar-refractivity contribution in [2.75, 3.05) is 28.4 Å². The first-order valence-corrected chi connectivity index (χ1v) is 11.3. The Bertz CT molecular complexity index is 1440. The number of hydrogen-bond donors (Lipinski definition) is 0. The molecule has 1 aliphatic carbocycles. The van der Waals surface area contributed by atoms with E-state index in [1.807, 2.05) is 49.5 Å². The van der Waals surface area contributed by atoms with Gasteiger partial charge in [0.1, 0.15) is 0 Å². The van der Waals surface area contributed by atoms with Crippen LogP contribution in [-0.2, 0) is 6.42 Å². The van der Waals surface area contributed by atoms with Gasteiger partial charge >= 0.3 is 0 Å². The van der Waals surface area contributed by atoms with Gasteiger partial charge in [-0.3, -0.25) is 4.79 Å². The molecule has 4 aromatic rings. The molecule has 8 nitrogen and oxygen atoms in total. The number of carbonyl (C=O) groups excluding carboxylic acids is 1. The smallest absolute Gasteiger partial charge is 0.166 e. The van der Waals surface area contributed by atoms with Gasteiger partial charge in [0.2, 0.25) is 0 Å². The number of nitrogens with zero attached hydrogens (tertiary/aromatic N) is 3. The number of fused-ring (bicyclic) bond motifs is 2. The average molecular weight is 474 g/mol. The van der Waals surface area contributed by atoms with E-state index in [1.54, 1.807) is 33.0 Å². The molecule has 35 heavy (non-hydrogen) atoms. The zero-order valence-electron chi connectivity index (χ0n) is 20.4. The third-order valence-electron chi connectivity index (χ3n) is 6.59. The molecule has 0 amide bonds. The number of hydrogen-bond acceptors (Lipinski definition) is 7. The first-order chi connectivity index (χ1) is 17.0. The van der Waals surface area contributed by atoms with Crippen LogP contribution in [0.25, 0.3) is 16.8 Å². The van der Waals surface area contributed by atoms with Crippen LogP contribution in [0.15, 0.2) is 42.6 Å². The lowest BCUT2D eigenvalue weighted by Gasteiger charge is -2.24. The predicted molar refractivity (Wildman–Crippen MR) is 131 cm³/mol. The number of Topliss-reactive ketones (excluding diaryl/α,β-unsaturated/α-hetero) is 1. The lowest BCUT2D eigenvalue weighted by atomic mass is 9.82. The number of ketones is 1. The van der Waals surface area contributed by atoms with Gasteiger partial charge in [-0.1, -0.05) is 12.1 Å². The predicted octanol–water partition coefficient (Wildman–Crippen LogP) is 4.65. The molecule has 0 bridgehead atoms. The molecule has 2 heterocycles. The Labute approximate surface area is 203 Å². The second-order valence-corrected chi connectivity index (χ2v) is 8.54. The van der Waals surface area contributed by atoms with Crippen LogP contribution in [0.5, 0.6) is 23.0 Å². The minimum absolute atomic E-state index is 0.00157. The zero-order chi connectivity index (χ0) is 24.7. The zero-order valence-corrected chi connectivity index (χ0v) is 20.4. The van der Waals surface area contributed by atoms with Gasteiger partial charge in [0.25, 0.3) is 0 Å². The molecule has 1 aliphatic rings. The standard InChI is InChI=1S/C27H27N3O5/c1-15-26(17-7-9-23(33-3)25(13-17)35-5)27-28-20-10-18(11-21(31)19(20)14-30(27)29-15)16-6-8-22(32-2)24(12-16)34-4/h6-9,12-14,18H,10-11H2,1-5H3. The Hall–Kier alpha value is -4.07. The number of ether oxygens (including phenoxy) is 4. The summed E-state index contributed by atoms with van der Waals surface area (Å²) in [5, 5.41) is 4.65. The summed E-state index contributed by atoms with van der Waals surface area (Å²) >= 11 is 0. The van der Waals surface area contributed by atoms with Crippen LogP contribution in [0.3, 0.4) is 0 Å². The Morgan fingerprint density at radius 3 is 2.20 bits per heavy atom. The van der Waals surface area contributed by atoms with Crippen LogP contribution < -0.4 is 18.9 Å². The molecule has 0 saturated carbocycles. The first kappa shape index (κ1) is 22.7. The number of benzene rings is 2. The summed E-state index contributed by atoms with van der Waals surface area (Å²) in [7, 11) is 6.44. The third kappa shape index (κ3) is 3.84. The normalized spacial score (nSPS) is 15.1. The molecule has 1 atom stereocenters. The number of carbonyl (C=O) groups is 1. The van der Waals surface area contributed by atoms with Crippen LogP contribution in [0.1, 0.15) is 39.6 Å². The van der Waals surface area contributed by atoms with E-state index in [4.69, 9.17) is 23.9 Å². The summed E-state index contributed by atoms with van der Waals surface area (Å²) in [5.41, 5.74) is 5.75. The summed E-state index contributed by atoms with van der Waals surface area (Å²) in [4.78, 5) is 18.1. The third-order valence-corrected chi connectivity index (χ3v) is 6.59. The van der Waals surface area contributed by atoms with E-state index < -0.39 is 0 Å². The second-order valence-electron chi connectivity index (χ2n) is 8.54. The summed E-state index contributed by atoms with van der Waals surface area (Å²) in [6.45, 7) is 1.94. The van der Waals surface area contributed by atoms with Crippen molar-refractivity contribution in [1.82, 2.24) is 14.6 Å². The fourth-order valence-corrected chi connectivity index (χ4v) is 4.82. The monoisotopic (exact) mass is 473 g/mol. The Balaban J connectivity index is 1.58. The van der Waals surface area contributed by atoms with Gasteiger partial charge in [-0.15, -0.1) is 0 Å². The minimum Gasteiger partial charge on any atom is -0.493 e. The Morgan fingerprint density at radius 2 is 1.51 bits per heavy atom. The molecular weight excluding hydrogens is 446 g/mol. The van der Waals surface area contributed by atoms with Gasteiger partial charge in [0.05, 0.1) is 45.4 Å². The van der Waals surface area contributed by atoms with Crippen molar-refractivity contribution in [3.63, 3.8) is 0 Å². The van der Waals surface area contributed by atoms with Gasteiger partial charge in [0.15, 0.2) is 34.4 Å². The molecular formula is C27H27N3O5. The van der Waals surface area contributed by atoms with Crippen molar-refractivity contribution in [3.8, 4) is 34.1 Å². The fraction of sp³-hybridized carbons (Fsp3) is 0.296. The van der Waals surface area contributed by atoms with Gasteiger partial charge in [-0.05, 0) is 54.7 Å². The minimum atomic E-state index is -0.00157. The number of aryl methyl sites for hydroxylation is 1. The molecule has 180 valence electrons. The molecule has 0 radical (unpaired) electrons. The van der Waals surface area contributed by atoms with Crippen molar-refractivity contribution in [3.05, 3.63) is 65.1 Å². The molecule has 2 aromatic heterocycles. The quantitative estimate of drug-likeness (QED) is 0.403. The molecule has 0 aliphatic heterocycles. The molecule has 0 spiro atoms. The van der Waals surface area contributed by atoms with E-state index >= 15 is 0 Å². The maximum atomic E-state index is 13.1. The molecule has 0 fully saturated rings. The Kier molecular flexibility index (Phi) is 5.80. The molecule has 2 aromatic carbocycles. The summed E-state index contributed by atoms with van der Waals surface area (Å²) in [5.74, 6) is 2.64. The lowest BCUT2D eigenvalue weighted by Crippen LogP contribution is -2.21. The van der Waals surface area contributed by atoms with E-state index in [0.717, 1.165) is 28.1 Å². The van der Waals surface area contributed by atoms with Gasteiger partial charge in [-0.2, -0.15) is 5.10 Å². The van der Waals surface area contributed by atoms with Gasteiger partial charge in [0, 0.05) is 18.2 Å². The second kappa shape index (κ2) is 8.94. The highest BCUT2D eigenvalue weighted by Gasteiger charge is 2.30. The molecule has 1 unspecified atom stereocenters. The van der Waals surface area contributed by atoms with Crippen molar-refractivity contribution in [2.24, 2.45) is 0 Å². The van der Waals surface area contributed by atoms with Crippen molar-refractivity contribution < 1.29 is 23.7 Å². The largest absolute Gasteiger partial charge is 0.493 e. The number of aromatic nitrogens is 3. The highest BCUT2D eigenvalue weighted by atomic mass is 16.5. The van der Waals surface area contributed by atoms with Crippen molar-refractivity contribution in [2.45, 2.75) is 25.7 Å². The van der Waals surface area contributed by atoms with Crippen molar-refractivity contribution in [1.29, 1.82) is 0 Å². The molecule has 0 N–H and O–H groups in total. The number of rotatable bonds is 6. The van der Waals surface area contributed by atoms with Crippen LogP contribution in [0, 0.1) is 6.92 Å². The summed E-state index contributed by atoms with van der Waals surface area (Å²) < 4.78 is 23.4. The van der Waals surface area contributed by atoms with Crippen LogP contribution >= 0.6 is 0 Å². The lowest BCUT2D eigenvalue weighted by molar-refractivity contribution is 0.0962. The topological polar surface area (TPSA) is 84.2 Å². The van der Waals surface area contributed by atoms with Crippen LogP contribution in [0.2, 0.25) is 0 Å². The highest BCUT2D eigenvalue weighted by Crippen LogP contribution is 2.39. The van der Waals surface area contributed by atoms with E-state index in [1.165, 1.54) is 0 Å². The maximum Gasteiger partial charge on any atom is 0.166 e. The summed E-state index contributed by atoms with van der Waals surface area (Å²) in [6.07, 6.45) is 2.85. The SMILES string of the molecule is COc1ccc(-c2c(C)nn3cc4c(nc23)CC(c2ccc(OC)c(OC)c2)CC4=O)cc1OC. The van der Waals surface area contributed by atoms with Crippen LogP contribution in [-0.4, -0.2) is 48.8 Å². The molecule has 0 saturated heterocycles. The number of methoxy groups -OCH3 is 4. The Morgan fingerprint density at radius 1 is 0.857 bits per heavy atom. The highest BCUT2D eigenvalue weighted by molar-refractivity contribution is 5.99. The van der Waals surface area contributed by atoms with E-state index in [-0.39, 0.29) is 11.7 Å². The van der Waals surface area contributed by atoms with Crippen molar-refractivity contribution >= 4 is 11.4 Å². The summed E-state index contributed by atoms with van der Waals surface area (Å²) in [6, 6.07) is 11.6. The van der Waals surface area contributed by atoms with E-state index in [9.17, 15) is 4.79 Å². The van der Waals surface area contributed by atoms with Crippen LogP contribution in [0.4, 0.5) is 0 Å². The fourth-order valence-electron chi connectivity index (χ4n) is 4.82. The van der Waals surface area contributed by atoms with Gasteiger partial charge in [-0.25, -0.2) is 9.50 Å². The molecule has 8 heteroatoms. The van der Waals surface area contributed by atoms with E-state index in [0.29, 0.717) is 47.1 Å². The van der Waals surface area contributed by atoms with Gasteiger partial charge < -0.3 is 18.9 Å². The maximum absolute atomic E-state index is 13.1. The van der Waals surface area contributed by atoms with E-state index in [2.05, 4.69) is 5.10 Å². The molecule has 5 rings (SSSR count).